The zero-order valence-corrected chi connectivity index (χ0v) is 21.0. The number of ether oxygens (including phenoxy) is 2. The van der Waals surface area contributed by atoms with Crippen molar-refractivity contribution in [1.82, 2.24) is 10.3 Å². The van der Waals surface area contributed by atoms with E-state index in [9.17, 15) is 0 Å². The minimum Gasteiger partial charge on any atom is -0.493 e. The molecule has 31 heavy (non-hydrogen) atoms. The highest BCUT2D eigenvalue weighted by Crippen LogP contribution is 2.30. The number of guanidine groups is 1. The molecule has 0 radical (unpaired) electrons. The molecular formula is C23H34IN5O2. The molecule has 0 spiro atoms. The molecule has 1 saturated heterocycles. The average molecular weight is 539 g/mol. The summed E-state index contributed by atoms with van der Waals surface area (Å²) >= 11 is 0. The van der Waals surface area contributed by atoms with Crippen molar-refractivity contribution >= 4 is 41.4 Å². The molecule has 0 amide bonds. The number of piperidine rings is 1. The van der Waals surface area contributed by atoms with E-state index in [4.69, 9.17) is 14.5 Å². The first-order valence-corrected chi connectivity index (χ1v) is 10.8. The highest BCUT2D eigenvalue weighted by atomic mass is 127. The van der Waals surface area contributed by atoms with Gasteiger partial charge in [-0.3, -0.25) is 0 Å². The molecule has 1 aliphatic heterocycles. The third-order valence-electron chi connectivity index (χ3n) is 4.98. The second-order valence-corrected chi connectivity index (χ2v) is 7.19. The Bertz CT molecular complexity index is 840. The Hall–Kier alpha value is -2.23. The number of nitrogens with one attached hydrogen (secondary N) is 2. The summed E-state index contributed by atoms with van der Waals surface area (Å²) in [6.07, 6.45) is 5.68. The van der Waals surface area contributed by atoms with Crippen molar-refractivity contribution < 1.29 is 9.47 Å². The maximum atomic E-state index is 5.59. The van der Waals surface area contributed by atoms with Crippen molar-refractivity contribution in [3.63, 3.8) is 0 Å². The summed E-state index contributed by atoms with van der Waals surface area (Å²) in [5.41, 5.74) is 2.03. The molecule has 0 atom stereocenters. The number of aromatic nitrogens is 1. The Morgan fingerprint density at radius 3 is 2.61 bits per heavy atom. The van der Waals surface area contributed by atoms with Crippen molar-refractivity contribution in [2.24, 2.45) is 4.99 Å². The number of hydrogen-bond donors (Lipinski definition) is 2. The fraction of sp³-hybridized carbons (Fsp3) is 0.478. The summed E-state index contributed by atoms with van der Waals surface area (Å²) < 4.78 is 11.0. The highest BCUT2D eigenvalue weighted by molar-refractivity contribution is 14.0. The van der Waals surface area contributed by atoms with Crippen LogP contribution in [-0.2, 0) is 6.54 Å². The second kappa shape index (κ2) is 13.2. The van der Waals surface area contributed by atoms with Gasteiger partial charge in [0.05, 0.1) is 20.3 Å². The Morgan fingerprint density at radius 1 is 1.10 bits per heavy atom. The first-order chi connectivity index (χ1) is 14.7. The quantitative estimate of drug-likeness (QED) is 0.289. The molecule has 2 N–H and O–H groups in total. The van der Waals surface area contributed by atoms with E-state index in [0.717, 1.165) is 48.4 Å². The van der Waals surface area contributed by atoms with Crippen molar-refractivity contribution in [2.45, 2.75) is 39.7 Å². The maximum absolute atomic E-state index is 5.59. The molecule has 7 nitrogen and oxygen atoms in total. The number of benzene rings is 1. The van der Waals surface area contributed by atoms with Gasteiger partial charge in [0.25, 0.3) is 0 Å². The summed E-state index contributed by atoms with van der Waals surface area (Å²) in [5, 5.41) is 6.65. The molecule has 1 aromatic heterocycles. The lowest BCUT2D eigenvalue weighted by molar-refractivity contribution is 0.311. The standard InChI is InChI=1S/C23H33N5O2.HI/c1-4-24-23(27-19-9-10-20(30-5-2)21(16-19)29-3)26-17-18-11-12-25-22(15-18)28-13-7-6-8-14-28;/h9-12,15-16H,4-8,13-14,17H2,1-3H3,(H2,24,26,27);1H. The van der Waals surface area contributed by atoms with E-state index >= 15 is 0 Å². The Labute approximate surface area is 202 Å². The first-order valence-electron chi connectivity index (χ1n) is 10.8. The molecule has 1 fully saturated rings. The minimum absolute atomic E-state index is 0. The van der Waals surface area contributed by atoms with Gasteiger partial charge in [-0.15, -0.1) is 24.0 Å². The second-order valence-electron chi connectivity index (χ2n) is 7.19. The number of halogens is 1. The van der Waals surface area contributed by atoms with E-state index in [1.54, 1.807) is 7.11 Å². The molecule has 2 aromatic rings. The summed E-state index contributed by atoms with van der Waals surface area (Å²) in [5.74, 6) is 3.20. The molecule has 0 saturated carbocycles. The third kappa shape index (κ3) is 7.45. The van der Waals surface area contributed by atoms with Crippen molar-refractivity contribution in [3.8, 4) is 11.5 Å². The Morgan fingerprint density at radius 2 is 1.90 bits per heavy atom. The van der Waals surface area contributed by atoms with Crippen LogP contribution in [0.4, 0.5) is 11.5 Å². The van der Waals surface area contributed by atoms with Gasteiger partial charge in [0.15, 0.2) is 17.5 Å². The molecule has 2 heterocycles. The van der Waals surface area contributed by atoms with Gasteiger partial charge in [-0.1, -0.05) is 0 Å². The largest absolute Gasteiger partial charge is 0.493 e. The lowest BCUT2D eigenvalue weighted by Gasteiger charge is -2.27. The van der Waals surface area contributed by atoms with Gasteiger partial charge in [0.1, 0.15) is 5.82 Å². The van der Waals surface area contributed by atoms with Crippen molar-refractivity contribution in [2.75, 3.05) is 43.6 Å². The van der Waals surface area contributed by atoms with Gasteiger partial charge >= 0.3 is 0 Å². The fourth-order valence-corrected chi connectivity index (χ4v) is 3.49. The number of nitrogens with zero attached hydrogens (tertiary/aromatic N) is 3. The van der Waals surface area contributed by atoms with Crippen LogP contribution in [0.3, 0.4) is 0 Å². The number of aliphatic imine (C=N–C) groups is 1. The van der Waals surface area contributed by atoms with Crippen molar-refractivity contribution in [3.05, 3.63) is 42.1 Å². The summed E-state index contributed by atoms with van der Waals surface area (Å²) in [4.78, 5) is 11.7. The van der Waals surface area contributed by atoms with Crippen LogP contribution in [0, 0.1) is 0 Å². The van der Waals surface area contributed by atoms with Gasteiger partial charge < -0.3 is 25.0 Å². The topological polar surface area (TPSA) is 71.0 Å². The van der Waals surface area contributed by atoms with E-state index < -0.39 is 0 Å². The lowest BCUT2D eigenvalue weighted by atomic mass is 10.1. The van der Waals surface area contributed by atoms with Crippen LogP contribution in [0.25, 0.3) is 0 Å². The van der Waals surface area contributed by atoms with Gasteiger partial charge in [-0.05, 0) is 62.9 Å². The molecule has 170 valence electrons. The lowest BCUT2D eigenvalue weighted by Crippen LogP contribution is -2.31. The van der Waals surface area contributed by atoms with Crippen LogP contribution in [0.15, 0.2) is 41.5 Å². The predicted octanol–water partition coefficient (Wildman–Crippen LogP) is 4.67. The minimum atomic E-state index is 0. The van der Waals surface area contributed by atoms with E-state index in [-0.39, 0.29) is 24.0 Å². The Kier molecular flexibility index (Phi) is 10.7. The van der Waals surface area contributed by atoms with Crippen LogP contribution in [0.5, 0.6) is 11.5 Å². The van der Waals surface area contributed by atoms with Crippen molar-refractivity contribution in [1.29, 1.82) is 0 Å². The van der Waals surface area contributed by atoms with Crippen LogP contribution in [0.1, 0.15) is 38.7 Å². The summed E-state index contributed by atoms with van der Waals surface area (Å²) in [6.45, 7) is 8.13. The van der Waals surface area contributed by atoms with Crippen LogP contribution in [0.2, 0.25) is 0 Å². The normalized spacial score (nSPS) is 13.9. The number of pyridine rings is 1. The number of methoxy groups -OCH3 is 1. The van der Waals surface area contributed by atoms with E-state index in [0.29, 0.717) is 18.9 Å². The maximum Gasteiger partial charge on any atom is 0.196 e. The molecule has 0 aliphatic carbocycles. The molecule has 1 aromatic carbocycles. The third-order valence-corrected chi connectivity index (χ3v) is 4.98. The first kappa shape index (κ1) is 25.0. The molecule has 8 heteroatoms. The van der Waals surface area contributed by atoms with Crippen LogP contribution >= 0.6 is 24.0 Å². The number of anilines is 2. The zero-order chi connectivity index (χ0) is 21.2. The zero-order valence-electron chi connectivity index (χ0n) is 18.7. The predicted molar refractivity (Wildman–Crippen MR) is 138 cm³/mol. The molecule has 3 rings (SSSR count). The van der Waals surface area contributed by atoms with Gasteiger partial charge in [0.2, 0.25) is 0 Å². The van der Waals surface area contributed by atoms with E-state index in [1.165, 1.54) is 19.3 Å². The van der Waals surface area contributed by atoms with Gasteiger partial charge in [0, 0.05) is 37.6 Å². The van der Waals surface area contributed by atoms with Gasteiger partial charge in [-0.25, -0.2) is 9.98 Å². The monoisotopic (exact) mass is 539 g/mol. The SMILES string of the molecule is CCNC(=NCc1ccnc(N2CCCCC2)c1)Nc1ccc(OCC)c(OC)c1.I. The van der Waals surface area contributed by atoms with Crippen LogP contribution in [-0.4, -0.2) is 44.3 Å². The molecular weight excluding hydrogens is 505 g/mol. The summed E-state index contributed by atoms with van der Waals surface area (Å²) in [6, 6.07) is 9.96. The van der Waals surface area contributed by atoms with E-state index in [2.05, 4.69) is 33.5 Å². The highest BCUT2D eigenvalue weighted by Gasteiger charge is 2.12. The average Bonchev–Trinajstić information content (AvgIpc) is 2.79. The molecule has 1 aliphatic rings. The van der Waals surface area contributed by atoms with E-state index in [1.807, 2.05) is 37.4 Å². The van der Waals surface area contributed by atoms with Gasteiger partial charge in [-0.2, -0.15) is 0 Å². The smallest absolute Gasteiger partial charge is 0.196 e. The molecule has 0 bridgehead atoms. The Balaban J connectivity index is 0.00000341. The fourth-order valence-electron chi connectivity index (χ4n) is 3.49. The molecule has 0 unspecified atom stereocenters. The summed E-state index contributed by atoms with van der Waals surface area (Å²) in [7, 11) is 1.64. The van der Waals surface area contributed by atoms with Crippen LogP contribution < -0.4 is 25.0 Å². The number of rotatable bonds is 8. The number of hydrogen-bond acceptors (Lipinski definition) is 5.